The SMILES string of the molecule is CCN(CC)C(=O)COC(=O)c1ccc(F)c(S(=O)(=O)N2CCOCC2)c1. The number of esters is 1. The van der Waals surface area contributed by atoms with Crippen LogP contribution in [0.15, 0.2) is 23.1 Å². The Labute approximate surface area is 157 Å². The lowest BCUT2D eigenvalue weighted by Crippen LogP contribution is -2.41. The van der Waals surface area contributed by atoms with Crippen molar-refractivity contribution >= 4 is 21.9 Å². The molecule has 1 heterocycles. The number of halogens is 1. The monoisotopic (exact) mass is 402 g/mol. The molecule has 0 radical (unpaired) electrons. The molecule has 0 spiro atoms. The number of sulfonamides is 1. The Morgan fingerprint density at radius 2 is 1.85 bits per heavy atom. The van der Waals surface area contributed by atoms with Crippen LogP contribution in [-0.4, -0.2) is 75.5 Å². The van der Waals surface area contributed by atoms with Crippen LogP contribution in [0, 0.1) is 5.82 Å². The van der Waals surface area contributed by atoms with Crippen LogP contribution in [0.1, 0.15) is 24.2 Å². The second kappa shape index (κ2) is 9.25. The van der Waals surface area contributed by atoms with E-state index in [0.29, 0.717) is 13.1 Å². The summed E-state index contributed by atoms with van der Waals surface area (Å²) in [5.74, 6) is -2.22. The zero-order valence-corrected chi connectivity index (χ0v) is 16.1. The lowest BCUT2D eigenvalue weighted by Gasteiger charge is -2.26. The van der Waals surface area contributed by atoms with Crippen molar-refractivity contribution in [2.24, 2.45) is 0 Å². The number of carbonyl (C=O) groups is 2. The van der Waals surface area contributed by atoms with Crippen LogP contribution in [0.2, 0.25) is 0 Å². The van der Waals surface area contributed by atoms with Gasteiger partial charge in [-0.25, -0.2) is 17.6 Å². The van der Waals surface area contributed by atoms with E-state index in [1.54, 1.807) is 13.8 Å². The Balaban J connectivity index is 2.16. The summed E-state index contributed by atoms with van der Waals surface area (Å²) in [5, 5.41) is 0. The summed E-state index contributed by atoms with van der Waals surface area (Å²) in [4.78, 5) is 25.0. The predicted molar refractivity (Wildman–Crippen MR) is 94.2 cm³/mol. The van der Waals surface area contributed by atoms with Gasteiger partial charge in [0.05, 0.1) is 18.8 Å². The van der Waals surface area contributed by atoms with E-state index in [2.05, 4.69) is 0 Å². The molecule has 8 nitrogen and oxygen atoms in total. The van der Waals surface area contributed by atoms with Gasteiger partial charge in [-0.05, 0) is 32.0 Å². The fourth-order valence-corrected chi connectivity index (χ4v) is 4.13. The van der Waals surface area contributed by atoms with Gasteiger partial charge in [0.25, 0.3) is 5.91 Å². The van der Waals surface area contributed by atoms with E-state index in [1.165, 1.54) is 4.90 Å². The maximum Gasteiger partial charge on any atom is 0.338 e. The largest absolute Gasteiger partial charge is 0.452 e. The van der Waals surface area contributed by atoms with E-state index in [1.807, 2.05) is 0 Å². The molecule has 1 aliphatic rings. The zero-order chi connectivity index (χ0) is 20.0. The zero-order valence-electron chi connectivity index (χ0n) is 15.3. The maximum atomic E-state index is 14.1. The number of morpholine rings is 1. The Morgan fingerprint density at radius 1 is 1.22 bits per heavy atom. The lowest BCUT2D eigenvalue weighted by atomic mass is 10.2. The molecule has 1 fully saturated rings. The summed E-state index contributed by atoms with van der Waals surface area (Å²) < 4.78 is 50.6. The average Bonchev–Trinajstić information content (AvgIpc) is 2.68. The van der Waals surface area contributed by atoms with Crippen LogP contribution < -0.4 is 0 Å². The predicted octanol–water partition coefficient (Wildman–Crippen LogP) is 0.872. The molecule has 0 bridgehead atoms. The highest BCUT2D eigenvalue weighted by atomic mass is 32.2. The van der Waals surface area contributed by atoms with Gasteiger partial charge in [-0.1, -0.05) is 0 Å². The maximum absolute atomic E-state index is 14.1. The van der Waals surface area contributed by atoms with Gasteiger partial charge in [0.2, 0.25) is 10.0 Å². The summed E-state index contributed by atoms with van der Waals surface area (Å²) in [7, 11) is -4.11. The molecule has 10 heteroatoms. The molecule has 0 saturated carbocycles. The Hall–Kier alpha value is -2.04. The number of ether oxygens (including phenoxy) is 2. The van der Waals surface area contributed by atoms with Crippen LogP contribution in [0.4, 0.5) is 4.39 Å². The highest BCUT2D eigenvalue weighted by Crippen LogP contribution is 2.22. The van der Waals surface area contributed by atoms with Gasteiger partial charge in [0.1, 0.15) is 10.7 Å². The third-order valence-electron chi connectivity index (χ3n) is 4.20. The molecule has 150 valence electrons. The molecule has 1 aliphatic heterocycles. The molecule has 0 N–H and O–H groups in total. The smallest absolute Gasteiger partial charge is 0.338 e. The van der Waals surface area contributed by atoms with Crippen LogP contribution in [-0.2, 0) is 24.3 Å². The molecule has 27 heavy (non-hydrogen) atoms. The van der Waals surface area contributed by atoms with Crippen molar-refractivity contribution in [3.63, 3.8) is 0 Å². The van der Waals surface area contributed by atoms with Gasteiger partial charge in [-0.3, -0.25) is 4.79 Å². The molecular formula is C17H23FN2O6S. The molecule has 0 aromatic heterocycles. The number of nitrogens with zero attached hydrogens (tertiary/aromatic N) is 2. The van der Waals surface area contributed by atoms with Crippen molar-refractivity contribution in [1.82, 2.24) is 9.21 Å². The van der Waals surface area contributed by atoms with Crippen molar-refractivity contribution in [2.75, 3.05) is 46.0 Å². The first-order valence-electron chi connectivity index (χ1n) is 8.63. The third-order valence-corrected chi connectivity index (χ3v) is 6.11. The molecule has 0 aliphatic carbocycles. The Bertz CT molecular complexity index is 789. The molecule has 2 rings (SSSR count). The van der Waals surface area contributed by atoms with E-state index in [-0.39, 0.29) is 37.8 Å². The first kappa shape index (κ1) is 21.3. The summed E-state index contributed by atoms with van der Waals surface area (Å²) in [5.41, 5.74) is -0.143. The standard InChI is InChI=1S/C17H23FN2O6S/c1-3-19(4-2)16(21)12-26-17(22)13-5-6-14(18)15(11-13)27(23,24)20-7-9-25-10-8-20/h5-6,11H,3-4,7-10,12H2,1-2H3. The van der Waals surface area contributed by atoms with E-state index in [4.69, 9.17) is 9.47 Å². The van der Waals surface area contributed by atoms with E-state index >= 15 is 0 Å². The van der Waals surface area contributed by atoms with Gasteiger partial charge in [0, 0.05) is 26.2 Å². The molecule has 0 atom stereocenters. The van der Waals surface area contributed by atoms with Gasteiger partial charge in [-0.15, -0.1) is 0 Å². The summed E-state index contributed by atoms with van der Waals surface area (Å²) >= 11 is 0. The fraction of sp³-hybridized carbons (Fsp3) is 0.529. The molecule has 1 aromatic carbocycles. The van der Waals surface area contributed by atoms with Crippen LogP contribution in [0.25, 0.3) is 0 Å². The second-order valence-corrected chi connectivity index (χ2v) is 7.71. The second-order valence-electron chi connectivity index (χ2n) is 5.80. The lowest BCUT2D eigenvalue weighted by molar-refractivity contribution is -0.134. The van der Waals surface area contributed by atoms with Crippen molar-refractivity contribution < 1.29 is 31.9 Å². The Morgan fingerprint density at radius 3 is 2.44 bits per heavy atom. The molecule has 1 aromatic rings. The molecule has 1 saturated heterocycles. The van der Waals surface area contributed by atoms with Crippen molar-refractivity contribution in [3.8, 4) is 0 Å². The van der Waals surface area contributed by atoms with Crippen molar-refractivity contribution in [3.05, 3.63) is 29.6 Å². The number of hydrogen-bond acceptors (Lipinski definition) is 6. The minimum atomic E-state index is -4.11. The summed E-state index contributed by atoms with van der Waals surface area (Å²) in [6, 6.07) is 2.96. The van der Waals surface area contributed by atoms with Gasteiger partial charge >= 0.3 is 5.97 Å². The van der Waals surface area contributed by atoms with E-state index < -0.39 is 33.3 Å². The highest BCUT2D eigenvalue weighted by Gasteiger charge is 2.30. The van der Waals surface area contributed by atoms with Crippen molar-refractivity contribution in [1.29, 1.82) is 0 Å². The molecule has 1 amide bonds. The number of likely N-dealkylation sites (N-methyl/N-ethyl adjacent to an activating group) is 1. The molecule has 0 unspecified atom stereocenters. The average molecular weight is 402 g/mol. The number of rotatable bonds is 7. The Kier molecular flexibility index (Phi) is 7.28. The van der Waals surface area contributed by atoms with Crippen LogP contribution in [0.5, 0.6) is 0 Å². The summed E-state index contributed by atoms with van der Waals surface area (Å²) in [6.07, 6.45) is 0. The van der Waals surface area contributed by atoms with E-state index in [0.717, 1.165) is 22.5 Å². The minimum Gasteiger partial charge on any atom is -0.452 e. The summed E-state index contributed by atoms with van der Waals surface area (Å²) in [6.45, 7) is 4.73. The van der Waals surface area contributed by atoms with Gasteiger partial charge < -0.3 is 14.4 Å². The first-order chi connectivity index (χ1) is 12.8. The minimum absolute atomic E-state index is 0.106. The molecular weight excluding hydrogens is 379 g/mol. The first-order valence-corrected chi connectivity index (χ1v) is 10.1. The van der Waals surface area contributed by atoms with Crippen LogP contribution in [0.3, 0.4) is 0 Å². The normalized spacial score (nSPS) is 15.4. The fourth-order valence-electron chi connectivity index (χ4n) is 2.63. The number of benzene rings is 1. The van der Waals surface area contributed by atoms with E-state index in [9.17, 15) is 22.4 Å². The quantitative estimate of drug-likeness (QED) is 0.629. The highest BCUT2D eigenvalue weighted by molar-refractivity contribution is 7.89. The topological polar surface area (TPSA) is 93.2 Å². The van der Waals surface area contributed by atoms with Gasteiger partial charge in [-0.2, -0.15) is 4.31 Å². The van der Waals surface area contributed by atoms with Crippen molar-refractivity contribution in [2.45, 2.75) is 18.7 Å². The number of amides is 1. The van der Waals surface area contributed by atoms with Crippen LogP contribution >= 0.6 is 0 Å². The van der Waals surface area contributed by atoms with Gasteiger partial charge in [0.15, 0.2) is 6.61 Å². The number of hydrogen-bond donors (Lipinski definition) is 0. The number of carbonyl (C=O) groups excluding carboxylic acids is 2. The third kappa shape index (κ3) is 5.02.